The van der Waals surface area contributed by atoms with Gasteiger partial charge in [0.15, 0.2) is 9.84 Å². The molecule has 29 heavy (non-hydrogen) atoms. The number of carbonyl (C=O) groups is 1. The van der Waals surface area contributed by atoms with Crippen LogP contribution in [0.2, 0.25) is 0 Å². The molecule has 2 fully saturated rings. The van der Waals surface area contributed by atoms with Crippen LogP contribution in [0.3, 0.4) is 0 Å². The molecular weight excluding hydrogens is 412 g/mol. The summed E-state index contributed by atoms with van der Waals surface area (Å²) in [5, 5.41) is 0. The number of amides is 1. The Bertz CT molecular complexity index is 961. The SMILES string of the molecule is CN(C(=O)/C=C/c1ccc(S(=O)(=O)N2CCCCCC2)cc1)C1CCS(=O)(=O)C1. The van der Waals surface area contributed by atoms with Crippen LogP contribution >= 0.6 is 0 Å². The maximum absolute atomic E-state index is 12.8. The third-order valence-corrected chi connectivity index (χ3v) is 9.27. The van der Waals surface area contributed by atoms with Gasteiger partial charge in [-0.2, -0.15) is 4.31 Å². The lowest BCUT2D eigenvalue weighted by atomic mass is 10.2. The molecule has 0 radical (unpaired) electrons. The molecule has 0 N–H and O–H groups in total. The van der Waals surface area contributed by atoms with E-state index in [1.165, 1.54) is 11.0 Å². The maximum atomic E-state index is 12.8. The summed E-state index contributed by atoms with van der Waals surface area (Å²) < 4.78 is 50.3. The lowest BCUT2D eigenvalue weighted by Crippen LogP contribution is -2.36. The molecule has 160 valence electrons. The Kier molecular flexibility index (Phi) is 6.80. The number of sulfonamides is 1. The zero-order valence-electron chi connectivity index (χ0n) is 16.7. The highest BCUT2D eigenvalue weighted by molar-refractivity contribution is 7.91. The Morgan fingerprint density at radius 1 is 1.10 bits per heavy atom. The Morgan fingerprint density at radius 3 is 2.28 bits per heavy atom. The number of sulfone groups is 1. The molecule has 1 amide bonds. The highest BCUT2D eigenvalue weighted by Crippen LogP contribution is 2.21. The molecule has 0 aliphatic carbocycles. The topological polar surface area (TPSA) is 91.8 Å². The van der Waals surface area contributed by atoms with E-state index in [1.54, 1.807) is 41.7 Å². The first-order valence-corrected chi connectivity index (χ1v) is 13.2. The van der Waals surface area contributed by atoms with Gasteiger partial charge in [-0.25, -0.2) is 16.8 Å². The van der Waals surface area contributed by atoms with Gasteiger partial charge in [-0.15, -0.1) is 0 Å². The number of hydrogen-bond acceptors (Lipinski definition) is 5. The summed E-state index contributed by atoms with van der Waals surface area (Å²) in [6.07, 6.45) is 7.36. The normalized spacial score (nSPS) is 23.1. The number of rotatable bonds is 5. The molecule has 2 aliphatic rings. The van der Waals surface area contributed by atoms with Crippen LogP contribution in [-0.2, 0) is 24.7 Å². The van der Waals surface area contributed by atoms with Crippen molar-refractivity contribution in [3.63, 3.8) is 0 Å². The first-order valence-electron chi connectivity index (χ1n) is 9.94. The Balaban J connectivity index is 1.64. The molecule has 0 saturated carbocycles. The molecule has 1 unspecified atom stereocenters. The highest BCUT2D eigenvalue weighted by Gasteiger charge is 2.32. The summed E-state index contributed by atoms with van der Waals surface area (Å²) in [7, 11) is -4.94. The molecular formula is C20H28N2O5S2. The molecule has 2 aliphatic heterocycles. The van der Waals surface area contributed by atoms with Crippen molar-refractivity contribution in [3.05, 3.63) is 35.9 Å². The van der Waals surface area contributed by atoms with Gasteiger partial charge in [-0.3, -0.25) is 4.79 Å². The first-order chi connectivity index (χ1) is 13.7. The fraction of sp³-hybridized carbons (Fsp3) is 0.550. The third kappa shape index (κ3) is 5.46. The van der Waals surface area contributed by atoms with Crippen molar-refractivity contribution in [2.45, 2.75) is 43.0 Å². The van der Waals surface area contributed by atoms with E-state index in [4.69, 9.17) is 0 Å². The Labute approximate surface area is 173 Å². The van der Waals surface area contributed by atoms with Crippen LogP contribution < -0.4 is 0 Å². The zero-order chi connectivity index (χ0) is 21.1. The lowest BCUT2D eigenvalue weighted by molar-refractivity contribution is -0.126. The molecule has 0 aromatic heterocycles. The van der Waals surface area contributed by atoms with Gasteiger partial charge in [0.1, 0.15) is 0 Å². The number of benzene rings is 1. The minimum atomic E-state index is -3.49. The molecule has 2 heterocycles. The van der Waals surface area contributed by atoms with Gasteiger partial charge in [-0.05, 0) is 43.0 Å². The summed E-state index contributed by atoms with van der Waals surface area (Å²) in [6.45, 7) is 1.11. The van der Waals surface area contributed by atoms with Crippen molar-refractivity contribution >= 4 is 31.8 Å². The van der Waals surface area contributed by atoms with Gasteiger partial charge in [0.25, 0.3) is 0 Å². The summed E-state index contributed by atoms with van der Waals surface area (Å²) in [4.78, 5) is 14.0. The second kappa shape index (κ2) is 8.97. The van der Waals surface area contributed by atoms with Crippen LogP contribution in [0.25, 0.3) is 6.08 Å². The van der Waals surface area contributed by atoms with Gasteiger partial charge >= 0.3 is 0 Å². The first kappa shape index (κ1) is 22.0. The van der Waals surface area contributed by atoms with Crippen LogP contribution in [0.5, 0.6) is 0 Å². The van der Waals surface area contributed by atoms with Crippen molar-refractivity contribution in [1.82, 2.24) is 9.21 Å². The van der Waals surface area contributed by atoms with Crippen LogP contribution in [0.15, 0.2) is 35.2 Å². The second-order valence-electron chi connectivity index (χ2n) is 7.73. The molecule has 1 aromatic carbocycles. The van der Waals surface area contributed by atoms with Gasteiger partial charge in [-0.1, -0.05) is 25.0 Å². The maximum Gasteiger partial charge on any atom is 0.246 e. The molecule has 1 aromatic rings. The molecule has 7 nitrogen and oxygen atoms in total. The van der Waals surface area contributed by atoms with Crippen molar-refractivity contribution in [2.24, 2.45) is 0 Å². The van der Waals surface area contributed by atoms with E-state index in [0.29, 0.717) is 25.1 Å². The van der Waals surface area contributed by atoms with Crippen LogP contribution in [-0.4, -0.2) is 69.6 Å². The number of carbonyl (C=O) groups excluding carboxylic acids is 1. The lowest BCUT2D eigenvalue weighted by Gasteiger charge is -2.21. The molecule has 9 heteroatoms. The number of nitrogens with zero attached hydrogens (tertiary/aromatic N) is 2. The minimum absolute atomic E-state index is 0.00609. The van der Waals surface area contributed by atoms with Crippen molar-refractivity contribution in [3.8, 4) is 0 Å². The summed E-state index contributed by atoms with van der Waals surface area (Å²) >= 11 is 0. The molecule has 3 rings (SSSR count). The molecule has 1 atom stereocenters. The van der Waals surface area contributed by atoms with E-state index in [1.807, 2.05) is 0 Å². The van der Waals surface area contributed by atoms with E-state index in [0.717, 1.165) is 25.7 Å². The van der Waals surface area contributed by atoms with Gasteiger partial charge in [0.2, 0.25) is 15.9 Å². The van der Waals surface area contributed by atoms with E-state index in [-0.39, 0.29) is 28.4 Å². The molecule has 0 spiro atoms. The molecule has 0 bridgehead atoms. The predicted molar refractivity (Wildman–Crippen MR) is 113 cm³/mol. The average molecular weight is 441 g/mol. The zero-order valence-corrected chi connectivity index (χ0v) is 18.3. The van der Waals surface area contributed by atoms with Gasteiger partial charge in [0, 0.05) is 32.3 Å². The number of likely N-dealkylation sites (N-methyl/N-ethyl adjacent to an activating group) is 1. The second-order valence-corrected chi connectivity index (χ2v) is 11.9. The van der Waals surface area contributed by atoms with E-state index in [9.17, 15) is 21.6 Å². The largest absolute Gasteiger partial charge is 0.338 e. The monoisotopic (exact) mass is 440 g/mol. The smallest absolute Gasteiger partial charge is 0.246 e. The van der Waals surface area contributed by atoms with Crippen molar-refractivity contribution < 1.29 is 21.6 Å². The highest BCUT2D eigenvalue weighted by atomic mass is 32.2. The summed E-state index contributed by atoms with van der Waals surface area (Å²) in [5.74, 6) is -0.147. The van der Waals surface area contributed by atoms with E-state index in [2.05, 4.69) is 0 Å². The summed E-state index contributed by atoms with van der Waals surface area (Å²) in [5.41, 5.74) is 0.709. The van der Waals surface area contributed by atoms with Crippen LogP contribution in [0.4, 0.5) is 0 Å². The van der Waals surface area contributed by atoms with E-state index >= 15 is 0 Å². The standard InChI is InChI=1S/C20H28N2O5S2/c1-21(18-12-15-28(24,25)16-18)20(23)11-8-17-6-9-19(10-7-17)29(26,27)22-13-4-2-3-5-14-22/h6-11,18H,2-5,12-16H2,1H3/b11-8+. The third-order valence-electron chi connectivity index (χ3n) is 5.61. The van der Waals surface area contributed by atoms with Crippen molar-refractivity contribution in [2.75, 3.05) is 31.6 Å². The fourth-order valence-electron chi connectivity index (χ4n) is 3.73. The van der Waals surface area contributed by atoms with E-state index < -0.39 is 19.9 Å². The average Bonchev–Trinajstić information content (AvgIpc) is 2.88. The fourth-order valence-corrected chi connectivity index (χ4v) is 7.02. The quantitative estimate of drug-likeness (QED) is 0.652. The minimum Gasteiger partial charge on any atom is -0.338 e. The predicted octanol–water partition coefficient (Wildman–Crippen LogP) is 1.91. The van der Waals surface area contributed by atoms with Gasteiger partial charge in [0.05, 0.1) is 16.4 Å². The summed E-state index contributed by atoms with van der Waals surface area (Å²) in [6, 6.07) is 6.19. The molecule has 2 saturated heterocycles. The Hall–Kier alpha value is -1.71. The van der Waals surface area contributed by atoms with Crippen LogP contribution in [0, 0.1) is 0 Å². The number of hydrogen-bond donors (Lipinski definition) is 0. The van der Waals surface area contributed by atoms with Crippen molar-refractivity contribution in [1.29, 1.82) is 0 Å². The Morgan fingerprint density at radius 2 is 1.72 bits per heavy atom. The van der Waals surface area contributed by atoms with Gasteiger partial charge < -0.3 is 4.90 Å². The van der Waals surface area contributed by atoms with Crippen LogP contribution in [0.1, 0.15) is 37.7 Å².